The number of guanidine groups is 1. The Morgan fingerprint density at radius 2 is 1.71 bits per heavy atom. The van der Waals surface area contributed by atoms with Gasteiger partial charge in [-0.05, 0) is 42.7 Å². The smallest absolute Gasteiger partial charge is 0.242 e. The Morgan fingerprint density at radius 1 is 1.06 bits per heavy atom. The Kier molecular flexibility index (Phi) is 11.3. The Hall–Kier alpha value is -1.85. The average Bonchev–Trinajstić information content (AvgIpc) is 2.73. The zero-order valence-corrected chi connectivity index (χ0v) is 22.0. The molecule has 2 N–H and O–H groups in total. The molecule has 172 valence electrons. The molecule has 0 fully saturated rings. The van der Waals surface area contributed by atoms with Gasteiger partial charge in [-0.2, -0.15) is 0 Å². The summed E-state index contributed by atoms with van der Waals surface area (Å²) in [5, 5.41) is 6.55. The fourth-order valence-corrected chi connectivity index (χ4v) is 3.63. The predicted octanol–water partition coefficient (Wildman–Crippen LogP) is 3.52. The van der Waals surface area contributed by atoms with Gasteiger partial charge < -0.3 is 15.4 Å². The van der Waals surface area contributed by atoms with Crippen LogP contribution in [0.3, 0.4) is 0 Å². The van der Waals surface area contributed by atoms with E-state index in [9.17, 15) is 8.42 Å². The maximum absolute atomic E-state index is 12.2. The summed E-state index contributed by atoms with van der Waals surface area (Å²) in [4.78, 5) is 4.53. The molecular weight excluding hydrogens is 527 g/mol. The molecule has 0 saturated heterocycles. The molecule has 9 heteroatoms. The Bertz CT molecular complexity index is 961. The number of ether oxygens (including phenoxy) is 1. The van der Waals surface area contributed by atoms with Crippen LogP contribution >= 0.6 is 24.0 Å². The van der Waals surface area contributed by atoms with Crippen molar-refractivity contribution in [3.8, 4) is 5.75 Å². The van der Waals surface area contributed by atoms with E-state index in [1.165, 1.54) is 18.4 Å². The van der Waals surface area contributed by atoms with Gasteiger partial charge >= 0.3 is 0 Å². The largest absolute Gasteiger partial charge is 0.493 e. The molecule has 0 aliphatic carbocycles. The number of hydrogen-bond donors (Lipinski definition) is 2. The molecule has 0 aromatic heterocycles. The van der Waals surface area contributed by atoms with Crippen molar-refractivity contribution in [2.75, 3.05) is 27.7 Å². The van der Waals surface area contributed by atoms with Crippen molar-refractivity contribution in [3.63, 3.8) is 0 Å². The minimum atomic E-state index is -3.42. The van der Waals surface area contributed by atoms with Gasteiger partial charge in [0, 0.05) is 39.8 Å². The molecule has 0 spiro atoms. The van der Waals surface area contributed by atoms with E-state index in [1.54, 1.807) is 31.3 Å². The van der Waals surface area contributed by atoms with Crippen LogP contribution in [0.15, 0.2) is 52.4 Å². The van der Waals surface area contributed by atoms with Gasteiger partial charge in [-0.1, -0.05) is 31.2 Å². The van der Waals surface area contributed by atoms with Crippen LogP contribution in [0.4, 0.5) is 0 Å². The molecule has 31 heavy (non-hydrogen) atoms. The summed E-state index contributed by atoms with van der Waals surface area (Å²) in [6, 6.07) is 13.0. The molecule has 0 unspecified atom stereocenters. The lowest BCUT2D eigenvalue weighted by molar-refractivity contribution is 0.313. The van der Waals surface area contributed by atoms with Crippen LogP contribution in [0.2, 0.25) is 0 Å². The summed E-state index contributed by atoms with van der Waals surface area (Å²) in [5.74, 6) is 1.54. The standard InChI is InChI=1S/C22H32N4O3S.HI/c1-6-13-29-21-14-17(2)7-10-19(21)16-25-22(23-3)24-15-18-8-11-20(12-9-18)30(27,28)26(4)5;/h7-12,14H,6,13,15-16H2,1-5H3,(H2,23,24,25);1H. The van der Waals surface area contributed by atoms with E-state index in [1.807, 2.05) is 13.0 Å². The van der Waals surface area contributed by atoms with Crippen LogP contribution in [-0.2, 0) is 23.1 Å². The highest BCUT2D eigenvalue weighted by atomic mass is 127. The van der Waals surface area contributed by atoms with Crippen molar-refractivity contribution in [2.45, 2.75) is 38.3 Å². The number of aliphatic imine (C=N–C) groups is 1. The van der Waals surface area contributed by atoms with E-state index in [0.29, 0.717) is 25.7 Å². The topological polar surface area (TPSA) is 83.0 Å². The number of nitrogens with zero attached hydrogens (tertiary/aromatic N) is 2. The number of sulfonamides is 1. The van der Waals surface area contributed by atoms with Crippen molar-refractivity contribution < 1.29 is 13.2 Å². The second kappa shape index (κ2) is 12.9. The first-order valence-corrected chi connectivity index (χ1v) is 11.4. The fourth-order valence-electron chi connectivity index (χ4n) is 2.73. The zero-order valence-electron chi connectivity index (χ0n) is 18.8. The highest BCUT2D eigenvalue weighted by molar-refractivity contribution is 14.0. The molecular formula is C22H33IN4O3S. The third-order valence-electron chi connectivity index (χ3n) is 4.52. The molecule has 0 saturated carbocycles. The van der Waals surface area contributed by atoms with Crippen LogP contribution in [0, 0.1) is 6.92 Å². The van der Waals surface area contributed by atoms with E-state index in [2.05, 4.69) is 34.7 Å². The van der Waals surface area contributed by atoms with E-state index < -0.39 is 10.0 Å². The summed E-state index contributed by atoms with van der Waals surface area (Å²) in [6.45, 7) is 5.92. The average molecular weight is 561 g/mol. The maximum Gasteiger partial charge on any atom is 0.242 e. The number of hydrogen-bond acceptors (Lipinski definition) is 4. The normalized spacial score (nSPS) is 11.7. The van der Waals surface area contributed by atoms with Gasteiger partial charge in [0.25, 0.3) is 0 Å². The fraction of sp³-hybridized carbons (Fsp3) is 0.409. The third-order valence-corrected chi connectivity index (χ3v) is 6.35. The predicted molar refractivity (Wildman–Crippen MR) is 137 cm³/mol. The van der Waals surface area contributed by atoms with Gasteiger partial charge in [-0.25, -0.2) is 12.7 Å². The molecule has 0 radical (unpaired) electrons. The minimum absolute atomic E-state index is 0. The number of aryl methyl sites for hydroxylation is 1. The van der Waals surface area contributed by atoms with Crippen LogP contribution in [0.25, 0.3) is 0 Å². The van der Waals surface area contributed by atoms with Crippen molar-refractivity contribution in [1.82, 2.24) is 14.9 Å². The molecule has 0 amide bonds. The lowest BCUT2D eigenvalue weighted by Gasteiger charge is -2.16. The summed E-state index contributed by atoms with van der Waals surface area (Å²) in [6.07, 6.45) is 0.957. The first-order valence-electron chi connectivity index (χ1n) is 9.96. The number of nitrogens with one attached hydrogen (secondary N) is 2. The van der Waals surface area contributed by atoms with E-state index in [-0.39, 0.29) is 28.9 Å². The number of benzene rings is 2. The number of rotatable bonds is 9. The van der Waals surface area contributed by atoms with Gasteiger partial charge in [0.2, 0.25) is 10.0 Å². The van der Waals surface area contributed by atoms with E-state index in [0.717, 1.165) is 28.9 Å². The van der Waals surface area contributed by atoms with Crippen molar-refractivity contribution in [2.24, 2.45) is 4.99 Å². The van der Waals surface area contributed by atoms with Gasteiger partial charge in [0.05, 0.1) is 11.5 Å². The second-order valence-electron chi connectivity index (χ2n) is 7.17. The third kappa shape index (κ3) is 7.97. The Labute approximate surface area is 203 Å². The van der Waals surface area contributed by atoms with Crippen molar-refractivity contribution >= 4 is 40.0 Å². The van der Waals surface area contributed by atoms with E-state index >= 15 is 0 Å². The lowest BCUT2D eigenvalue weighted by Crippen LogP contribution is -2.36. The van der Waals surface area contributed by atoms with E-state index in [4.69, 9.17) is 4.74 Å². The first kappa shape index (κ1) is 27.2. The minimum Gasteiger partial charge on any atom is -0.493 e. The lowest BCUT2D eigenvalue weighted by atomic mass is 10.1. The first-order chi connectivity index (χ1) is 14.3. The van der Waals surface area contributed by atoms with Gasteiger partial charge in [-0.15, -0.1) is 24.0 Å². The quantitative estimate of drug-likeness (QED) is 0.279. The van der Waals surface area contributed by atoms with Crippen LogP contribution in [0.5, 0.6) is 5.75 Å². The SMILES string of the molecule is CCCOc1cc(C)ccc1CNC(=NC)NCc1ccc(S(=O)(=O)N(C)C)cc1.I. The molecule has 2 aromatic rings. The monoisotopic (exact) mass is 560 g/mol. The summed E-state index contributed by atoms with van der Waals surface area (Å²) >= 11 is 0. The molecule has 7 nitrogen and oxygen atoms in total. The molecule has 2 rings (SSSR count). The van der Waals surface area contributed by atoms with Crippen LogP contribution < -0.4 is 15.4 Å². The van der Waals surface area contributed by atoms with Crippen LogP contribution in [-0.4, -0.2) is 46.4 Å². The van der Waals surface area contributed by atoms with Gasteiger partial charge in [0.15, 0.2) is 5.96 Å². The zero-order chi connectivity index (χ0) is 22.1. The summed E-state index contributed by atoms with van der Waals surface area (Å²) in [7, 11) is 1.34. The Morgan fingerprint density at radius 3 is 2.29 bits per heavy atom. The molecule has 0 atom stereocenters. The van der Waals surface area contributed by atoms with Gasteiger partial charge in [-0.3, -0.25) is 4.99 Å². The Balaban J connectivity index is 0.00000480. The molecule has 2 aromatic carbocycles. The summed E-state index contributed by atoms with van der Waals surface area (Å²) < 4.78 is 31.4. The van der Waals surface area contributed by atoms with Gasteiger partial charge in [0.1, 0.15) is 5.75 Å². The van der Waals surface area contributed by atoms with Crippen molar-refractivity contribution in [3.05, 3.63) is 59.2 Å². The molecule has 0 heterocycles. The second-order valence-corrected chi connectivity index (χ2v) is 9.32. The number of halogens is 1. The maximum atomic E-state index is 12.2. The molecule has 0 bridgehead atoms. The van der Waals surface area contributed by atoms with Crippen molar-refractivity contribution in [1.29, 1.82) is 0 Å². The highest BCUT2D eigenvalue weighted by Crippen LogP contribution is 2.20. The van der Waals surface area contributed by atoms with Crippen LogP contribution in [0.1, 0.15) is 30.0 Å². The molecule has 0 aliphatic heterocycles. The molecule has 0 aliphatic rings. The summed E-state index contributed by atoms with van der Waals surface area (Å²) in [5.41, 5.74) is 3.18. The highest BCUT2D eigenvalue weighted by Gasteiger charge is 2.16.